The molecule has 2 aromatic carbocycles. The number of nitrogens with one attached hydrogen (secondary N) is 1. The Morgan fingerprint density at radius 1 is 1.07 bits per heavy atom. The summed E-state index contributed by atoms with van der Waals surface area (Å²) in [5, 5.41) is 3.04. The number of carbonyl (C=O) groups excluding carboxylic acids is 1. The summed E-state index contributed by atoms with van der Waals surface area (Å²) in [4.78, 5) is 12.3. The van der Waals surface area contributed by atoms with Crippen LogP contribution >= 0.6 is 0 Å². The first-order valence-corrected chi connectivity index (χ1v) is 11.1. The van der Waals surface area contributed by atoms with Gasteiger partial charge in [0.15, 0.2) is 0 Å². The van der Waals surface area contributed by atoms with Gasteiger partial charge in [0, 0.05) is 13.0 Å². The fourth-order valence-electron chi connectivity index (χ4n) is 3.06. The minimum atomic E-state index is -3.41. The van der Waals surface area contributed by atoms with Gasteiger partial charge in [-0.1, -0.05) is 55.5 Å². The fraction of sp³-hybridized carbons (Fsp3) is 0.381. The molecular formula is C21H28N2O3S. The molecule has 0 aliphatic rings. The van der Waals surface area contributed by atoms with Gasteiger partial charge in [0.1, 0.15) is 0 Å². The van der Waals surface area contributed by atoms with E-state index in [4.69, 9.17) is 0 Å². The molecule has 1 unspecified atom stereocenters. The summed E-state index contributed by atoms with van der Waals surface area (Å²) < 4.78 is 25.8. The molecule has 2 aromatic rings. The van der Waals surface area contributed by atoms with Crippen molar-refractivity contribution in [2.24, 2.45) is 0 Å². The van der Waals surface area contributed by atoms with E-state index in [1.54, 1.807) is 6.07 Å². The summed E-state index contributed by atoms with van der Waals surface area (Å²) in [5.41, 5.74) is 2.63. The average Bonchev–Trinajstić information content (AvgIpc) is 2.64. The van der Waals surface area contributed by atoms with Gasteiger partial charge in [-0.05, 0) is 37.0 Å². The first-order chi connectivity index (χ1) is 12.8. The molecule has 6 heteroatoms. The van der Waals surface area contributed by atoms with Gasteiger partial charge in [-0.25, -0.2) is 8.42 Å². The Bertz CT molecular complexity index is 851. The van der Waals surface area contributed by atoms with Crippen molar-refractivity contribution >= 4 is 21.6 Å². The Balaban J connectivity index is 1.96. The van der Waals surface area contributed by atoms with Crippen LogP contribution in [-0.2, 0) is 14.8 Å². The number of anilines is 1. The maximum absolute atomic E-state index is 12.3. The van der Waals surface area contributed by atoms with E-state index in [1.165, 1.54) is 10.6 Å². The van der Waals surface area contributed by atoms with Crippen LogP contribution in [0.25, 0.3) is 0 Å². The molecular weight excluding hydrogens is 360 g/mol. The van der Waals surface area contributed by atoms with Crippen LogP contribution in [0.4, 0.5) is 5.69 Å². The number of sulfonamides is 1. The lowest BCUT2D eigenvalue weighted by Crippen LogP contribution is -2.33. The van der Waals surface area contributed by atoms with Crippen molar-refractivity contribution in [2.45, 2.75) is 39.2 Å². The van der Waals surface area contributed by atoms with Crippen molar-refractivity contribution in [1.82, 2.24) is 5.32 Å². The lowest BCUT2D eigenvalue weighted by Gasteiger charge is -2.24. The highest BCUT2D eigenvalue weighted by atomic mass is 32.2. The van der Waals surface area contributed by atoms with E-state index in [9.17, 15) is 13.2 Å². The number of carbonyl (C=O) groups is 1. The van der Waals surface area contributed by atoms with E-state index >= 15 is 0 Å². The third kappa shape index (κ3) is 6.10. The molecule has 0 aliphatic heterocycles. The zero-order valence-corrected chi connectivity index (χ0v) is 17.0. The zero-order chi connectivity index (χ0) is 19.9. The molecule has 0 aliphatic carbocycles. The summed E-state index contributed by atoms with van der Waals surface area (Å²) in [5.74, 6) is -0.0658. The van der Waals surface area contributed by atoms with Crippen molar-refractivity contribution in [3.05, 3.63) is 65.7 Å². The summed E-state index contributed by atoms with van der Waals surface area (Å²) in [7, 11) is -3.41. The normalized spacial score (nSPS) is 12.4. The fourth-order valence-corrected chi connectivity index (χ4v) is 4.09. The van der Waals surface area contributed by atoms with Crippen molar-refractivity contribution in [1.29, 1.82) is 0 Å². The van der Waals surface area contributed by atoms with Crippen LogP contribution in [-0.4, -0.2) is 27.1 Å². The Kier molecular flexibility index (Phi) is 7.42. The summed E-state index contributed by atoms with van der Waals surface area (Å²) in [6, 6.07) is 17.2. The Morgan fingerprint density at radius 3 is 2.30 bits per heavy atom. The molecule has 1 atom stereocenters. The van der Waals surface area contributed by atoms with Crippen molar-refractivity contribution in [3.63, 3.8) is 0 Å². The molecule has 1 amide bonds. The van der Waals surface area contributed by atoms with Crippen molar-refractivity contribution in [2.75, 3.05) is 17.1 Å². The van der Waals surface area contributed by atoms with Crippen LogP contribution in [0.1, 0.15) is 43.4 Å². The van der Waals surface area contributed by atoms with E-state index in [-0.39, 0.29) is 24.9 Å². The molecule has 146 valence electrons. The van der Waals surface area contributed by atoms with Gasteiger partial charge in [-0.2, -0.15) is 0 Å². The van der Waals surface area contributed by atoms with Gasteiger partial charge >= 0.3 is 0 Å². The van der Waals surface area contributed by atoms with Gasteiger partial charge in [-0.3, -0.25) is 9.10 Å². The van der Waals surface area contributed by atoms with Crippen LogP contribution in [0, 0.1) is 6.92 Å². The SMILES string of the molecule is CCC(NC(=O)CCCN(c1ccccc1C)S(C)(=O)=O)c1ccccc1. The molecule has 5 nitrogen and oxygen atoms in total. The first-order valence-electron chi connectivity index (χ1n) is 9.20. The summed E-state index contributed by atoms with van der Waals surface area (Å²) in [6.07, 6.45) is 2.73. The highest BCUT2D eigenvalue weighted by Crippen LogP contribution is 2.22. The Labute approximate surface area is 162 Å². The second kappa shape index (κ2) is 9.55. The molecule has 0 saturated carbocycles. The quantitative estimate of drug-likeness (QED) is 0.710. The smallest absolute Gasteiger partial charge is 0.232 e. The van der Waals surface area contributed by atoms with Crippen LogP contribution in [0.2, 0.25) is 0 Å². The molecule has 2 rings (SSSR count). The maximum atomic E-state index is 12.3. The van der Waals surface area contributed by atoms with Gasteiger partial charge in [0.05, 0.1) is 18.0 Å². The number of hydrogen-bond donors (Lipinski definition) is 1. The number of rotatable bonds is 9. The zero-order valence-electron chi connectivity index (χ0n) is 16.2. The highest BCUT2D eigenvalue weighted by molar-refractivity contribution is 7.92. The average molecular weight is 389 g/mol. The largest absolute Gasteiger partial charge is 0.349 e. The highest BCUT2D eigenvalue weighted by Gasteiger charge is 2.19. The minimum Gasteiger partial charge on any atom is -0.349 e. The monoisotopic (exact) mass is 388 g/mol. The molecule has 0 fully saturated rings. The predicted molar refractivity (Wildman–Crippen MR) is 110 cm³/mol. The second-order valence-electron chi connectivity index (χ2n) is 6.66. The number of benzene rings is 2. The number of para-hydroxylation sites is 1. The van der Waals surface area contributed by atoms with Crippen LogP contribution in [0.5, 0.6) is 0 Å². The first kappa shape index (κ1) is 21.0. The maximum Gasteiger partial charge on any atom is 0.232 e. The molecule has 0 radical (unpaired) electrons. The molecule has 0 saturated heterocycles. The molecule has 0 heterocycles. The lowest BCUT2D eigenvalue weighted by molar-refractivity contribution is -0.121. The van der Waals surface area contributed by atoms with Gasteiger partial charge in [-0.15, -0.1) is 0 Å². The van der Waals surface area contributed by atoms with E-state index in [2.05, 4.69) is 5.32 Å². The third-order valence-electron chi connectivity index (χ3n) is 4.49. The lowest BCUT2D eigenvalue weighted by atomic mass is 10.0. The van der Waals surface area contributed by atoms with E-state index in [0.717, 1.165) is 17.5 Å². The van der Waals surface area contributed by atoms with Gasteiger partial charge < -0.3 is 5.32 Å². The van der Waals surface area contributed by atoms with Crippen molar-refractivity contribution in [3.8, 4) is 0 Å². The molecule has 27 heavy (non-hydrogen) atoms. The van der Waals surface area contributed by atoms with Crippen LogP contribution in [0.15, 0.2) is 54.6 Å². The summed E-state index contributed by atoms with van der Waals surface area (Å²) in [6.45, 7) is 4.19. The standard InChI is InChI=1S/C21H28N2O3S/c1-4-19(18-12-6-5-7-13-18)22-21(24)15-10-16-23(27(3,25)26)20-14-9-8-11-17(20)2/h5-9,11-14,19H,4,10,15-16H2,1-3H3,(H,22,24). The minimum absolute atomic E-state index is 0.0268. The number of aryl methyl sites for hydroxylation is 1. The Morgan fingerprint density at radius 2 is 1.70 bits per heavy atom. The molecule has 0 aromatic heterocycles. The second-order valence-corrected chi connectivity index (χ2v) is 8.57. The van der Waals surface area contributed by atoms with Gasteiger partial charge in [0.2, 0.25) is 15.9 Å². The van der Waals surface area contributed by atoms with E-state index in [0.29, 0.717) is 12.1 Å². The third-order valence-corrected chi connectivity index (χ3v) is 5.67. The number of amides is 1. The molecule has 0 spiro atoms. The van der Waals surface area contributed by atoms with E-state index < -0.39 is 10.0 Å². The number of nitrogens with zero attached hydrogens (tertiary/aromatic N) is 1. The van der Waals surface area contributed by atoms with Crippen LogP contribution < -0.4 is 9.62 Å². The predicted octanol–water partition coefficient (Wildman–Crippen LogP) is 3.81. The Hall–Kier alpha value is -2.34. The molecule has 1 N–H and O–H groups in total. The topological polar surface area (TPSA) is 66.5 Å². The van der Waals surface area contributed by atoms with Crippen LogP contribution in [0.3, 0.4) is 0 Å². The summed E-state index contributed by atoms with van der Waals surface area (Å²) >= 11 is 0. The van der Waals surface area contributed by atoms with Crippen molar-refractivity contribution < 1.29 is 13.2 Å². The molecule has 0 bridgehead atoms. The van der Waals surface area contributed by atoms with Gasteiger partial charge in [0.25, 0.3) is 0 Å². The van der Waals surface area contributed by atoms with E-state index in [1.807, 2.05) is 62.4 Å². The number of hydrogen-bond acceptors (Lipinski definition) is 3.